The van der Waals surface area contributed by atoms with Crippen LogP contribution in [0.4, 0.5) is 5.69 Å². The van der Waals surface area contributed by atoms with Gasteiger partial charge in [-0.05, 0) is 42.9 Å². The molecule has 0 spiro atoms. The number of halogens is 2. The zero-order valence-electron chi connectivity index (χ0n) is 14.0. The van der Waals surface area contributed by atoms with Gasteiger partial charge in [0.05, 0.1) is 35.0 Å². The number of fused-ring (bicyclic) bond motifs is 5. The number of pyridine rings is 2. The van der Waals surface area contributed by atoms with E-state index in [1.807, 2.05) is 19.2 Å². The van der Waals surface area contributed by atoms with Crippen molar-refractivity contribution >= 4 is 34.8 Å². The van der Waals surface area contributed by atoms with Crippen LogP contribution in [0.3, 0.4) is 0 Å². The summed E-state index contributed by atoms with van der Waals surface area (Å²) in [4.78, 5) is 21.5. The summed E-state index contributed by atoms with van der Waals surface area (Å²) in [5.74, 6) is 0.836. The fourth-order valence-electron chi connectivity index (χ4n) is 4.59. The number of aryl methyl sites for hydroxylation is 1. The second kappa shape index (κ2) is 5.91. The summed E-state index contributed by atoms with van der Waals surface area (Å²) in [6.45, 7) is 1.96. The first-order chi connectivity index (χ1) is 12.5. The summed E-state index contributed by atoms with van der Waals surface area (Å²) in [6.07, 6.45) is 4.64. The summed E-state index contributed by atoms with van der Waals surface area (Å²) in [7, 11) is 0. The van der Waals surface area contributed by atoms with E-state index in [9.17, 15) is 4.79 Å². The summed E-state index contributed by atoms with van der Waals surface area (Å²) < 4.78 is 6.19. The molecule has 2 bridgehead atoms. The van der Waals surface area contributed by atoms with Gasteiger partial charge in [-0.2, -0.15) is 0 Å². The van der Waals surface area contributed by atoms with Crippen LogP contribution in [0.1, 0.15) is 23.6 Å². The zero-order chi connectivity index (χ0) is 18.0. The molecule has 2 aromatic heterocycles. The van der Waals surface area contributed by atoms with Crippen LogP contribution in [0, 0.1) is 24.7 Å². The Labute approximate surface area is 161 Å². The van der Waals surface area contributed by atoms with E-state index in [2.05, 4.69) is 21.4 Å². The number of hydrogen-bond donors (Lipinski definition) is 1. The van der Waals surface area contributed by atoms with Gasteiger partial charge in [-0.15, -0.1) is 0 Å². The number of anilines is 1. The minimum atomic E-state index is -0.234. The Kier molecular flexibility index (Phi) is 3.75. The molecule has 3 aliphatic rings. The Morgan fingerprint density at radius 3 is 2.73 bits per heavy atom. The van der Waals surface area contributed by atoms with Gasteiger partial charge in [0.25, 0.3) is 0 Å². The van der Waals surface area contributed by atoms with Gasteiger partial charge in [0, 0.05) is 17.8 Å². The number of aromatic nitrogens is 2. The lowest BCUT2D eigenvalue weighted by atomic mass is 9.75. The van der Waals surface area contributed by atoms with Crippen molar-refractivity contribution in [1.29, 1.82) is 0 Å². The maximum Gasteiger partial charge on any atom is 0.230 e. The molecule has 1 aliphatic carbocycles. The Balaban J connectivity index is 1.44. The molecule has 134 valence electrons. The van der Waals surface area contributed by atoms with Gasteiger partial charge in [-0.25, -0.2) is 4.98 Å². The third-order valence-electron chi connectivity index (χ3n) is 5.83. The van der Waals surface area contributed by atoms with Gasteiger partial charge < -0.3 is 10.1 Å². The molecule has 3 fully saturated rings. The van der Waals surface area contributed by atoms with Crippen LogP contribution in [0.2, 0.25) is 10.2 Å². The summed E-state index contributed by atoms with van der Waals surface area (Å²) in [5.41, 5.74) is 2.58. The van der Waals surface area contributed by atoms with Crippen molar-refractivity contribution in [3.63, 3.8) is 0 Å². The summed E-state index contributed by atoms with van der Waals surface area (Å²) in [6, 6.07) is 5.67. The van der Waals surface area contributed by atoms with E-state index in [0.29, 0.717) is 22.5 Å². The molecule has 2 aromatic rings. The van der Waals surface area contributed by atoms with Crippen molar-refractivity contribution in [1.82, 2.24) is 9.97 Å². The van der Waals surface area contributed by atoms with E-state index in [-0.39, 0.29) is 35.1 Å². The highest BCUT2D eigenvalue weighted by Crippen LogP contribution is 2.65. The maximum absolute atomic E-state index is 13.1. The van der Waals surface area contributed by atoms with Crippen LogP contribution in [-0.4, -0.2) is 28.1 Å². The van der Waals surface area contributed by atoms with E-state index < -0.39 is 0 Å². The van der Waals surface area contributed by atoms with Gasteiger partial charge in [-0.1, -0.05) is 29.3 Å². The molecule has 5 rings (SSSR count). The lowest BCUT2D eigenvalue weighted by Crippen LogP contribution is -2.37. The molecule has 1 amide bonds. The minimum absolute atomic E-state index is 0.0213. The molecule has 5 nitrogen and oxygen atoms in total. The van der Waals surface area contributed by atoms with Gasteiger partial charge in [-0.3, -0.25) is 9.78 Å². The van der Waals surface area contributed by atoms with E-state index in [1.54, 1.807) is 6.07 Å². The van der Waals surface area contributed by atoms with Gasteiger partial charge in [0.2, 0.25) is 5.91 Å². The minimum Gasteiger partial charge on any atom is -0.373 e. The third kappa shape index (κ3) is 2.53. The molecular formula is C19H17Cl2N3O2. The van der Waals surface area contributed by atoms with Crippen molar-refractivity contribution in [2.24, 2.45) is 17.8 Å². The van der Waals surface area contributed by atoms with E-state index in [0.717, 1.165) is 17.7 Å². The van der Waals surface area contributed by atoms with Crippen LogP contribution >= 0.6 is 23.2 Å². The van der Waals surface area contributed by atoms with Crippen molar-refractivity contribution in [2.75, 3.05) is 5.32 Å². The van der Waals surface area contributed by atoms with Crippen molar-refractivity contribution < 1.29 is 9.53 Å². The summed E-state index contributed by atoms with van der Waals surface area (Å²) in [5, 5.41) is 3.48. The van der Waals surface area contributed by atoms with Crippen LogP contribution in [0.5, 0.6) is 0 Å². The number of hydrogen-bond acceptors (Lipinski definition) is 4. The average molecular weight is 390 g/mol. The SMILES string of the molecule is Cc1ccc([C@H]2[C@H]3O[C@H]([C@@H]4C[C@@H]43)[C@@H]2C(=O)Nc2cnc(Cl)c(Cl)c2)cn1. The lowest BCUT2D eigenvalue weighted by Gasteiger charge is -2.27. The Morgan fingerprint density at radius 1 is 1.19 bits per heavy atom. The molecule has 2 saturated heterocycles. The molecule has 4 heterocycles. The Morgan fingerprint density at radius 2 is 2.00 bits per heavy atom. The highest BCUT2D eigenvalue weighted by atomic mass is 35.5. The van der Waals surface area contributed by atoms with Gasteiger partial charge in [0.15, 0.2) is 0 Å². The number of nitrogens with one attached hydrogen (secondary N) is 1. The zero-order valence-corrected chi connectivity index (χ0v) is 15.5. The second-order valence-electron chi connectivity index (χ2n) is 7.40. The molecule has 7 heteroatoms. The quantitative estimate of drug-likeness (QED) is 0.809. The first-order valence-electron chi connectivity index (χ1n) is 8.73. The van der Waals surface area contributed by atoms with Gasteiger partial charge >= 0.3 is 0 Å². The predicted molar refractivity (Wildman–Crippen MR) is 98.3 cm³/mol. The number of nitrogens with zero attached hydrogens (tertiary/aromatic N) is 2. The molecule has 1 saturated carbocycles. The molecule has 26 heavy (non-hydrogen) atoms. The highest BCUT2D eigenvalue weighted by Gasteiger charge is 2.68. The van der Waals surface area contributed by atoms with Crippen molar-refractivity contribution in [2.45, 2.75) is 31.5 Å². The molecule has 6 atom stereocenters. The topological polar surface area (TPSA) is 64.1 Å². The Hall–Kier alpha value is -1.69. The molecule has 0 unspecified atom stereocenters. The highest BCUT2D eigenvalue weighted by molar-refractivity contribution is 6.41. The van der Waals surface area contributed by atoms with E-state index >= 15 is 0 Å². The predicted octanol–water partition coefficient (Wildman–Crippen LogP) is 3.85. The number of carbonyl (C=O) groups is 1. The third-order valence-corrected chi connectivity index (χ3v) is 6.52. The number of ether oxygens (including phenoxy) is 1. The van der Waals surface area contributed by atoms with E-state index in [1.165, 1.54) is 6.20 Å². The first kappa shape index (κ1) is 16.5. The van der Waals surface area contributed by atoms with Crippen molar-refractivity contribution in [3.8, 4) is 0 Å². The lowest BCUT2D eigenvalue weighted by molar-refractivity contribution is -0.122. The van der Waals surface area contributed by atoms with Crippen LogP contribution < -0.4 is 5.32 Å². The first-order valence-corrected chi connectivity index (χ1v) is 9.48. The smallest absolute Gasteiger partial charge is 0.230 e. The Bertz CT molecular complexity index is 889. The monoisotopic (exact) mass is 389 g/mol. The van der Waals surface area contributed by atoms with Gasteiger partial charge in [0.1, 0.15) is 5.15 Å². The van der Waals surface area contributed by atoms with Crippen molar-refractivity contribution in [3.05, 3.63) is 52.0 Å². The average Bonchev–Trinajstić information content (AvgIpc) is 3.24. The maximum atomic E-state index is 13.1. The van der Waals surface area contributed by atoms with Crippen LogP contribution in [-0.2, 0) is 9.53 Å². The molecule has 0 radical (unpaired) electrons. The fraction of sp³-hybridized carbons (Fsp3) is 0.421. The summed E-state index contributed by atoms with van der Waals surface area (Å²) >= 11 is 11.9. The van der Waals surface area contributed by atoms with Crippen LogP contribution in [0.15, 0.2) is 30.6 Å². The normalized spacial score (nSPS) is 33.8. The van der Waals surface area contributed by atoms with E-state index in [4.69, 9.17) is 27.9 Å². The number of carbonyl (C=O) groups excluding carboxylic acids is 1. The second-order valence-corrected chi connectivity index (χ2v) is 8.16. The molecule has 1 N–H and O–H groups in total. The number of rotatable bonds is 3. The standard InChI is InChI=1S/C19H17Cl2N3O2/c1-8-2-3-9(6-22-8)14-15(17-12-5-11(12)16(14)26-17)19(25)24-10-4-13(20)18(21)23-7-10/h2-4,6-7,11-12,14-17H,5H2,1H3,(H,24,25)/t11-,12+,14+,15+,16-,17+/m0/s1. The number of amides is 1. The molecular weight excluding hydrogens is 373 g/mol. The van der Waals surface area contributed by atoms with Crippen LogP contribution in [0.25, 0.3) is 0 Å². The molecule has 0 aromatic carbocycles. The largest absolute Gasteiger partial charge is 0.373 e. The fourth-order valence-corrected chi connectivity index (χ4v) is 4.86. The molecule has 2 aliphatic heterocycles.